The summed E-state index contributed by atoms with van der Waals surface area (Å²) in [5, 5.41) is 3.24. The molecule has 0 fully saturated rings. The topological polar surface area (TPSA) is 62.3 Å². The summed E-state index contributed by atoms with van der Waals surface area (Å²) in [6.07, 6.45) is 0. The predicted octanol–water partition coefficient (Wildman–Crippen LogP) is 4.12. The Balaban J connectivity index is 2.23. The molecule has 0 saturated carbocycles. The molecule has 1 heterocycles. The number of benzene rings is 1. The molecule has 0 aliphatic heterocycles. The Morgan fingerprint density at radius 3 is 2.33 bits per heavy atom. The third kappa shape index (κ3) is 4.04. The van der Waals surface area contributed by atoms with E-state index in [2.05, 4.69) is 10.3 Å². The second-order valence-corrected chi connectivity index (χ2v) is 5.73. The first kappa shape index (κ1) is 18.2. The van der Waals surface area contributed by atoms with E-state index in [1.54, 1.807) is 35.2 Å². The Kier molecular flexibility index (Phi) is 6.17. The lowest BCUT2D eigenvalue weighted by Gasteiger charge is -2.18. The van der Waals surface area contributed by atoms with Gasteiger partial charge in [0.1, 0.15) is 11.4 Å². The molecule has 2 amide bonds. The van der Waals surface area contributed by atoms with Crippen LogP contribution in [0.5, 0.6) is 0 Å². The predicted molar refractivity (Wildman–Crippen MR) is 95.9 cm³/mol. The summed E-state index contributed by atoms with van der Waals surface area (Å²) in [6.45, 7) is 4.93. The molecule has 0 bridgehead atoms. The molecular formula is C17H17Cl2N3O2. The van der Waals surface area contributed by atoms with E-state index in [9.17, 15) is 9.59 Å². The molecule has 126 valence electrons. The summed E-state index contributed by atoms with van der Waals surface area (Å²) in [7, 11) is 0. The summed E-state index contributed by atoms with van der Waals surface area (Å²) in [5.41, 5.74) is 0.740. The maximum atomic E-state index is 12.4. The highest BCUT2D eigenvalue weighted by Crippen LogP contribution is 2.29. The van der Waals surface area contributed by atoms with Gasteiger partial charge >= 0.3 is 0 Å². The molecule has 1 N–H and O–H groups in total. The number of pyridine rings is 1. The van der Waals surface area contributed by atoms with Crippen LogP contribution in [0.4, 0.5) is 5.69 Å². The highest BCUT2D eigenvalue weighted by molar-refractivity contribution is 6.44. The number of aromatic nitrogens is 1. The Morgan fingerprint density at radius 1 is 1.04 bits per heavy atom. The second kappa shape index (κ2) is 8.13. The van der Waals surface area contributed by atoms with Gasteiger partial charge in [0, 0.05) is 13.1 Å². The molecule has 0 saturated heterocycles. The van der Waals surface area contributed by atoms with Gasteiger partial charge < -0.3 is 10.2 Å². The van der Waals surface area contributed by atoms with Gasteiger partial charge in [-0.3, -0.25) is 9.59 Å². The number of rotatable bonds is 5. The Morgan fingerprint density at radius 2 is 1.67 bits per heavy atom. The summed E-state index contributed by atoms with van der Waals surface area (Å²) in [5.74, 6) is -0.677. The number of hydrogen-bond donors (Lipinski definition) is 1. The first-order chi connectivity index (χ1) is 11.5. The Labute approximate surface area is 150 Å². The van der Waals surface area contributed by atoms with Crippen LogP contribution in [0.3, 0.4) is 0 Å². The van der Waals surface area contributed by atoms with Crippen molar-refractivity contribution in [2.75, 3.05) is 18.4 Å². The third-order valence-electron chi connectivity index (χ3n) is 3.45. The number of nitrogens with one attached hydrogen (secondary N) is 1. The molecule has 0 radical (unpaired) electrons. The third-order valence-corrected chi connectivity index (χ3v) is 4.27. The molecule has 24 heavy (non-hydrogen) atoms. The van der Waals surface area contributed by atoms with E-state index in [1.807, 2.05) is 13.8 Å². The van der Waals surface area contributed by atoms with Gasteiger partial charge in [0.05, 0.1) is 15.7 Å². The van der Waals surface area contributed by atoms with Crippen molar-refractivity contribution in [2.24, 2.45) is 0 Å². The SMILES string of the molecule is CCN(CC)C(=O)c1cccc(C(=O)Nc2cccc(Cl)c2Cl)n1. The van der Waals surface area contributed by atoms with Gasteiger partial charge in [0.25, 0.3) is 11.8 Å². The van der Waals surface area contributed by atoms with Crippen LogP contribution in [0.1, 0.15) is 34.8 Å². The van der Waals surface area contributed by atoms with Crippen molar-refractivity contribution in [2.45, 2.75) is 13.8 Å². The molecule has 5 nitrogen and oxygen atoms in total. The van der Waals surface area contributed by atoms with E-state index in [-0.39, 0.29) is 22.3 Å². The minimum atomic E-state index is -0.464. The molecule has 0 aliphatic carbocycles. The number of carbonyl (C=O) groups excluding carboxylic acids is 2. The van der Waals surface area contributed by atoms with Gasteiger partial charge in [-0.2, -0.15) is 0 Å². The van der Waals surface area contributed by atoms with Crippen LogP contribution in [0.25, 0.3) is 0 Å². The summed E-state index contributed by atoms with van der Waals surface area (Å²) in [4.78, 5) is 30.5. The van der Waals surface area contributed by atoms with E-state index < -0.39 is 5.91 Å². The van der Waals surface area contributed by atoms with Gasteiger partial charge in [-0.05, 0) is 38.1 Å². The zero-order valence-electron chi connectivity index (χ0n) is 13.3. The summed E-state index contributed by atoms with van der Waals surface area (Å²) < 4.78 is 0. The molecule has 0 aliphatic rings. The van der Waals surface area contributed by atoms with Crippen molar-refractivity contribution in [1.82, 2.24) is 9.88 Å². The van der Waals surface area contributed by atoms with Crippen molar-refractivity contribution in [3.05, 3.63) is 57.8 Å². The van der Waals surface area contributed by atoms with Crippen molar-refractivity contribution in [1.29, 1.82) is 0 Å². The molecule has 2 aromatic rings. The Bertz CT molecular complexity index is 761. The average Bonchev–Trinajstić information content (AvgIpc) is 2.60. The lowest BCUT2D eigenvalue weighted by Crippen LogP contribution is -2.31. The van der Waals surface area contributed by atoms with E-state index in [4.69, 9.17) is 23.2 Å². The number of hydrogen-bond acceptors (Lipinski definition) is 3. The standard InChI is InChI=1S/C17H17Cl2N3O2/c1-3-22(4-2)17(24)14-10-6-9-13(20-14)16(23)21-12-8-5-7-11(18)15(12)19/h5-10H,3-4H2,1-2H3,(H,21,23). The largest absolute Gasteiger partial charge is 0.338 e. The highest BCUT2D eigenvalue weighted by atomic mass is 35.5. The smallest absolute Gasteiger partial charge is 0.274 e. The van der Waals surface area contributed by atoms with Crippen molar-refractivity contribution in [3.63, 3.8) is 0 Å². The number of amides is 2. The van der Waals surface area contributed by atoms with Crippen LogP contribution in [-0.4, -0.2) is 34.8 Å². The van der Waals surface area contributed by atoms with Gasteiger partial charge in [0.15, 0.2) is 0 Å². The van der Waals surface area contributed by atoms with Crippen LogP contribution < -0.4 is 5.32 Å². The zero-order chi connectivity index (χ0) is 17.7. The molecule has 1 aromatic heterocycles. The first-order valence-corrected chi connectivity index (χ1v) is 8.25. The minimum absolute atomic E-state index is 0.129. The molecule has 0 spiro atoms. The molecule has 0 atom stereocenters. The Hall–Kier alpha value is -2.11. The molecular weight excluding hydrogens is 349 g/mol. The molecule has 0 unspecified atom stereocenters. The summed E-state index contributed by atoms with van der Waals surface area (Å²) >= 11 is 12.0. The quantitative estimate of drug-likeness (QED) is 0.866. The highest BCUT2D eigenvalue weighted by Gasteiger charge is 2.17. The van der Waals surface area contributed by atoms with Crippen LogP contribution in [0, 0.1) is 0 Å². The normalized spacial score (nSPS) is 10.3. The fraction of sp³-hybridized carbons (Fsp3) is 0.235. The zero-order valence-corrected chi connectivity index (χ0v) is 14.9. The van der Waals surface area contributed by atoms with Gasteiger partial charge in [-0.1, -0.05) is 35.3 Å². The van der Waals surface area contributed by atoms with E-state index in [0.29, 0.717) is 23.8 Å². The number of carbonyl (C=O) groups is 2. The molecule has 1 aromatic carbocycles. The fourth-order valence-electron chi connectivity index (χ4n) is 2.14. The second-order valence-electron chi connectivity index (χ2n) is 4.94. The average molecular weight is 366 g/mol. The van der Waals surface area contributed by atoms with Crippen LogP contribution in [-0.2, 0) is 0 Å². The minimum Gasteiger partial charge on any atom is -0.338 e. The van der Waals surface area contributed by atoms with E-state index in [1.165, 1.54) is 6.07 Å². The summed E-state index contributed by atoms with van der Waals surface area (Å²) in [6, 6.07) is 9.69. The first-order valence-electron chi connectivity index (χ1n) is 7.49. The number of halogens is 2. The van der Waals surface area contributed by atoms with Gasteiger partial charge in [-0.15, -0.1) is 0 Å². The van der Waals surface area contributed by atoms with Crippen LogP contribution >= 0.6 is 23.2 Å². The maximum absolute atomic E-state index is 12.4. The van der Waals surface area contributed by atoms with E-state index >= 15 is 0 Å². The molecule has 7 heteroatoms. The van der Waals surface area contributed by atoms with Gasteiger partial charge in [-0.25, -0.2) is 4.98 Å². The monoisotopic (exact) mass is 365 g/mol. The van der Waals surface area contributed by atoms with Crippen molar-refractivity contribution < 1.29 is 9.59 Å². The van der Waals surface area contributed by atoms with Crippen molar-refractivity contribution >= 4 is 40.7 Å². The maximum Gasteiger partial charge on any atom is 0.274 e. The van der Waals surface area contributed by atoms with Crippen molar-refractivity contribution in [3.8, 4) is 0 Å². The lowest BCUT2D eigenvalue weighted by atomic mass is 10.2. The fourth-order valence-corrected chi connectivity index (χ4v) is 2.49. The number of nitrogens with zero attached hydrogens (tertiary/aromatic N) is 2. The number of anilines is 1. The van der Waals surface area contributed by atoms with Crippen LogP contribution in [0.2, 0.25) is 10.0 Å². The van der Waals surface area contributed by atoms with Crippen LogP contribution in [0.15, 0.2) is 36.4 Å². The lowest BCUT2D eigenvalue weighted by molar-refractivity contribution is 0.0767. The van der Waals surface area contributed by atoms with E-state index in [0.717, 1.165) is 0 Å². The molecule has 2 rings (SSSR count). The van der Waals surface area contributed by atoms with Gasteiger partial charge in [0.2, 0.25) is 0 Å².